The van der Waals surface area contributed by atoms with Crippen LogP contribution >= 0.6 is 0 Å². The number of anilines is 1. The first-order valence-electron chi connectivity index (χ1n) is 8.51. The number of aromatic nitrogens is 1. The second kappa shape index (κ2) is 7.44. The van der Waals surface area contributed by atoms with Crippen LogP contribution in [0.1, 0.15) is 28.1 Å². The molecule has 0 aliphatic rings. The highest BCUT2D eigenvalue weighted by molar-refractivity contribution is 7.92. The lowest BCUT2D eigenvalue weighted by Crippen LogP contribution is -2.13. The SMILES string of the molecule is Cc1ccc(NS(=O)(=O)c2ccc(OCc3c(C)noc3C)cc2)cc1C. The van der Waals surface area contributed by atoms with Gasteiger partial charge in [-0.3, -0.25) is 4.72 Å². The lowest BCUT2D eigenvalue weighted by Gasteiger charge is -2.11. The van der Waals surface area contributed by atoms with Gasteiger partial charge in [-0.25, -0.2) is 8.42 Å². The van der Waals surface area contributed by atoms with Gasteiger partial charge < -0.3 is 9.26 Å². The molecule has 7 heteroatoms. The number of nitrogens with zero attached hydrogens (tertiary/aromatic N) is 1. The molecule has 0 unspecified atom stereocenters. The maximum atomic E-state index is 12.6. The van der Waals surface area contributed by atoms with Crippen LogP contribution in [0.3, 0.4) is 0 Å². The Labute approximate surface area is 159 Å². The fourth-order valence-corrected chi connectivity index (χ4v) is 3.65. The van der Waals surface area contributed by atoms with Gasteiger partial charge in [0.25, 0.3) is 10.0 Å². The molecule has 0 atom stereocenters. The predicted octanol–water partition coefficient (Wildman–Crippen LogP) is 4.29. The van der Waals surface area contributed by atoms with Crippen LogP contribution in [0.4, 0.5) is 5.69 Å². The van der Waals surface area contributed by atoms with Crippen LogP contribution in [-0.4, -0.2) is 13.6 Å². The molecule has 27 heavy (non-hydrogen) atoms. The largest absolute Gasteiger partial charge is 0.489 e. The second-order valence-corrected chi connectivity index (χ2v) is 8.15. The minimum Gasteiger partial charge on any atom is -0.489 e. The van der Waals surface area contributed by atoms with Crippen LogP contribution in [0.2, 0.25) is 0 Å². The molecule has 0 saturated heterocycles. The van der Waals surface area contributed by atoms with Crippen molar-refractivity contribution in [2.24, 2.45) is 0 Å². The number of hydrogen-bond donors (Lipinski definition) is 1. The summed E-state index contributed by atoms with van der Waals surface area (Å²) in [5.41, 5.74) is 4.35. The van der Waals surface area contributed by atoms with Crippen LogP contribution in [0.15, 0.2) is 51.9 Å². The lowest BCUT2D eigenvalue weighted by atomic mass is 10.1. The summed E-state index contributed by atoms with van der Waals surface area (Å²) in [6.07, 6.45) is 0. The zero-order valence-corrected chi connectivity index (χ0v) is 16.6. The van der Waals surface area contributed by atoms with Gasteiger partial charge in [-0.2, -0.15) is 0 Å². The summed E-state index contributed by atoms with van der Waals surface area (Å²) in [7, 11) is -3.66. The van der Waals surface area contributed by atoms with Crippen molar-refractivity contribution < 1.29 is 17.7 Å². The van der Waals surface area contributed by atoms with E-state index in [1.165, 1.54) is 12.1 Å². The van der Waals surface area contributed by atoms with Gasteiger partial charge in [0.1, 0.15) is 18.1 Å². The summed E-state index contributed by atoms with van der Waals surface area (Å²) in [5, 5.41) is 3.88. The number of nitrogens with one attached hydrogen (secondary N) is 1. The summed E-state index contributed by atoms with van der Waals surface area (Å²) in [4.78, 5) is 0.172. The Hall–Kier alpha value is -2.80. The van der Waals surface area contributed by atoms with E-state index in [9.17, 15) is 8.42 Å². The van der Waals surface area contributed by atoms with Crippen molar-refractivity contribution in [2.45, 2.75) is 39.2 Å². The molecule has 0 saturated carbocycles. The monoisotopic (exact) mass is 386 g/mol. The maximum absolute atomic E-state index is 12.6. The number of rotatable bonds is 6. The van der Waals surface area contributed by atoms with Crippen molar-refractivity contribution in [2.75, 3.05) is 4.72 Å². The Morgan fingerprint density at radius 2 is 1.70 bits per heavy atom. The number of aryl methyl sites for hydroxylation is 4. The zero-order chi connectivity index (χ0) is 19.6. The fraction of sp³-hybridized carbons (Fsp3) is 0.250. The van der Waals surface area contributed by atoms with Gasteiger partial charge in [-0.05, 0) is 75.2 Å². The average molecular weight is 386 g/mol. The maximum Gasteiger partial charge on any atom is 0.261 e. The molecular weight excluding hydrogens is 364 g/mol. The molecule has 0 aliphatic heterocycles. The van der Waals surface area contributed by atoms with Crippen LogP contribution in [-0.2, 0) is 16.6 Å². The molecule has 0 aliphatic carbocycles. The first kappa shape index (κ1) is 19.0. The van der Waals surface area contributed by atoms with Gasteiger partial charge in [0.2, 0.25) is 0 Å². The van der Waals surface area contributed by atoms with E-state index in [2.05, 4.69) is 9.88 Å². The van der Waals surface area contributed by atoms with Crippen molar-refractivity contribution >= 4 is 15.7 Å². The van der Waals surface area contributed by atoms with Crippen molar-refractivity contribution in [3.8, 4) is 5.75 Å². The van der Waals surface area contributed by atoms with E-state index in [1.54, 1.807) is 18.2 Å². The second-order valence-electron chi connectivity index (χ2n) is 6.47. The van der Waals surface area contributed by atoms with Gasteiger partial charge in [0.15, 0.2) is 0 Å². The molecule has 0 fully saturated rings. The number of hydrogen-bond acceptors (Lipinski definition) is 5. The molecule has 0 radical (unpaired) electrons. The third-order valence-corrected chi connectivity index (χ3v) is 5.85. The summed E-state index contributed by atoms with van der Waals surface area (Å²) >= 11 is 0. The molecule has 142 valence electrons. The summed E-state index contributed by atoms with van der Waals surface area (Å²) < 4.78 is 38.6. The van der Waals surface area contributed by atoms with Crippen molar-refractivity contribution in [3.63, 3.8) is 0 Å². The van der Waals surface area contributed by atoms with E-state index in [-0.39, 0.29) is 4.90 Å². The molecular formula is C20H22N2O4S. The summed E-state index contributed by atoms with van der Waals surface area (Å²) in [6, 6.07) is 11.8. The van der Waals surface area contributed by atoms with Crippen LogP contribution < -0.4 is 9.46 Å². The van der Waals surface area contributed by atoms with E-state index >= 15 is 0 Å². The number of ether oxygens (including phenoxy) is 1. The quantitative estimate of drug-likeness (QED) is 0.683. The van der Waals surface area contributed by atoms with Gasteiger partial charge >= 0.3 is 0 Å². The first-order valence-corrected chi connectivity index (χ1v) is 9.99. The summed E-state index contributed by atoms with van der Waals surface area (Å²) in [6.45, 7) is 7.91. The van der Waals surface area contributed by atoms with Gasteiger partial charge in [-0.1, -0.05) is 11.2 Å². The number of sulfonamides is 1. The number of benzene rings is 2. The third kappa shape index (κ3) is 4.31. The molecule has 1 heterocycles. The fourth-order valence-electron chi connectivity index (χ4n) is 2.60. The zero-order valence-electron chi connectivity index (χ0n) is 15.7. The molecule has 2 aromatic carbocycles. The van der Waals surface area contributed by atoms with Crippen molar-refractivity contribution in [1.82, 2.24) is 5.16 Å². The Balaban J connectivity index is 1.71. The Bertz CT molecular complexity index is 1030. The normalized spacial score (nSPS) is 11.4. The third-order valence-electron chi connectivity index (χ3n) is 4.46. The minimum absolute atomic E-state index is 0.172. The predicted molar refractivity (Wildman–Crippen MR) is 103 cm³/mol. The van der Waals surface area contributed by atoms with E-state index < -0.39 is 10.0 Å². The minimum atomic E-state index is -3.66. The molecule has 1 aromatic heterocycles. The van der Waals surface area contributed by atoms with Crippen molar-refractivity contribution in [3.05, 3.63) is 70.6 Å². The average Bonchev–Trinajstić information content (AvgIpc) is 2.94. The topological polar surface area (TPSA) is 81.4 Å². The van der Waals surface area contributed by atoms with E-state index in [0.717, 1.165) is 22.4 Å². The Kier molecular flexibility index (Phi) is 5.23. The molecule has 3 rings (SSSR count). The Morgan fingerprint density at radius 1 is 1.00 bits per heavy atom. The van der Waals surface area contributed by atoms with Gasteiger partial charge in [-0.15, -0.1) is 0 Å². The molecule has 0 bridgehead atoms. The van der Waals surface area contributed by atoms with Gasteiger partial charge in [0, 0.05) is 5.69 Å². The van der Waals surface area contributed by atoms with Crippen LogP contribution in [0.25, 0.3) is 0 Å². The highest BCUT2D eigenvalue weighted by atomic mass is 32.2. The highest BCUT2D eigenvalue weighted by Gasteiger charge is 2.15. The van der Waals surface area contributed by atoms with E-state index in [1.807, 2.05) is 39.8 Å². The van der Waals surface area contributed by atoms with Crippen molar-refractivity contribution in [1.29, 1.82) is 0 Å². The highest BCUT2D eigenvalue weighted by Crippen LogP contribution is 2.22. The van der Waals surface area contributed by atoms with Gasteiger partial charge in [0.05, 0.1) is 16.2 Å². The van der Waals surface area contributed by atoms with E-state index in [0.29, 0.717) is 23.8 Å². The molecule has 1 N–H and O–H groups in total. The Morgan fingerprint density at radius 3 is 2.30 bits per heavy atom. The lowest BCUT2D eigenvalue weighted by molar-refractivity contribution is 0.301. The molecule has 0 amide bonds. The standard InChI is InChI=1S/C20H22N2O4S/c1-13-5-6-17(11-14(13)2)22-27(23,24)19-9-7-18(8-10-19)25-12-20-15(3)21-26-16(20)4/h5-11,22H,12H2,1-4H3. The van der Waals surface area contributed by atoms with Crippen LogP contribution in [0.5, 0.6) is 5.75 Å². The van der Waals surface area contributed by atoms with Crippen LogP contribution in [0, 0.1) is 27.7 Å². The molecule has 6 nitrogen and oxygen atoms in total. The van der Waals surface area contributed by atoms with E-state index in [4.69, 9.17) is 9.26 Å². The first-order chi connectivity index (χ1) is 12.8. The smallest absolute Gasteiger partial charge is 0.261 e. The summed E-state index contributed by atoms with van der Waals surface area (Å²) in [5.74, 6) is 1.28. The molecule has 3 aromatic rings. The molecule has 0 spiro atoms.